The van der Waals surface area contributed by atoms with Gasteiger partial charge in [-0.3, -0.25) is 4.79 Å². The van der Waals surface area contributed by atoms with Crippen LogP contribution in [-0.4, -0.2) is 5.91 Å². The lowest BCUT2D eigenvalue weighted by atomic mass is 10.1. The molecule has 0 heterocycles. The van der Waals surface area contributed by atoms with Crippen molar-refractivity contribution in [2.24, 2.45) is 0 Å². The van der Waals surface area contributed by atoms with Crippen molar-refractivity contribution in [1.29, 1.82) is 0 Å². The molecule has 0 spiro atoms. The highest BCUT2D eigenvalue weighted by Gasteiger charge is 2.08. The number of nitrogens with one attached hydrogen (secondary N) is 1. The van der Waals surface area contributed by atoms with Gasteiger partial charge in [-0.05, 0) is 29.8 Å². The fourth-order valence-electron chi connectivity index (χ4n) is 1.58. The highest BCUT2D eigenvalue weighted by Crippen LogP contribution is 2.17. The van der Waals surface area contributed by atoms with E-state index in [-0.39, 0.29) is 5.91 Å². The van der Waals surface area contributed by atoms with Crippen LogP contribution >= 0.6 is 11.6 Å². The molecule has 0 aliphatic heterocycles. The Morgan fingerprint density at radius 1 is 1.17 bits per heavy atom. The third-order valence-corrected chi connectivity index (χ3v) is 2.87. The molecule has 0 aliphatic carbocycles. The molecular formula is C14H13ClN2O. The molecule has 0 aromatic heterocycles. The zero-order valence-electron chi connectivity index (χ0n) is 9.69. The van der Waals surface area contributed by atoms with E-state index in [2.05, 4.69) is 5.32 Å². The van der Waals surface area contributed by atoms with Gasteiger partial charge < -0.3 is 11.1 Å². The van der Waals surface area contributed by atoms with Crippen molar-refractivity contribution in [2.45, 2.75) is 5.88 Å². The van der Waals surface area contributed by atoms with E-state index in [4.69, 9.17) is 17.3 Å². The molecule has 2 aromatic rings. The second kappa shape index (κ2) is 5.56. The molecule has 4 heteroatoms. The van der Waals surface area contributed by atoms with E-state index in [1.54, 1.807) is 18.2 Å². The van der Waals surface area contributed by atoms with E-state index in [9.17, 15) is 4.79 Å². The number of hydrogen-bond donors (Lipinski definition) is 2. The number of carbonyl (C=O) groups is 1. The van der Waals surface area contributed by atoms with Gasteiger partial charge in [-0.15, -0.1) is 11.6 Å². The van der Waals surface area contributed by atoms with Crippen LogP contribution in [0.15, 0.2) is 48.5 Å². The van der Waals surface area contributed by atoms with Crippen molar-refractivity contribution in [2.75, 3.05) is 11.1 Å². The van der Waals surface area contributed by atoms with Crippen LogP contribution in [0.2, 0.25) is 0 Å². The van der Waals surface area contributed by atoms with E-state index >= 15 is 0 Å². The van der Waals surface area contributed by atoms with Gasteiger partial charge in [0, 0.05) is 22.8 Å². The molecule has 2 rings (SSSR count). The molecule has 0 bridgehead atoms. The number of nitrogen functional groups attached to an aromatic ring is 1. The van der Waals surface area contributed by atoms with Crippen LogP contribution in [0.25, 0.3) is 0 Å². The standard InChI is InChI=1S/C14H13ClN2O/c15-9-11-7-6-10(8-13(11)16)14(18)17-12-4-2-1-3-5-12/h1-8H,9,16H2,(H,17,18). The second-order valence-electron chi connectivity index (χ2n) is 3.87. The minimum Gasteiger partial charge on any atom is -0.398 e. The van der Waals surface area contributed by atoms with Gasteiger partial charge in [0.1, 0.15) is 0 Å². The summed E-state index contributed by atoms with van der Waals surface area (Å²) in [4.78, 5) is 12.0. The molecule has 92 valence electrons. The van der Waals surface area contributed by atoms with E-state index in [1.807, 2.05) is 30.3 Å². The Bertz CT molecular complexity index is 555. The summed E-state index contributed by atoms with van der Waals surface area (Å²) in [5.74, 6) is 0.154. The quantitative estimate of drug-likeness (QED) is 0.657. The van der Waals surface area contributed by atoms with Crippen molar-refractivity contribution in [3.63, 3.8) is 0 Å². The zero-order valence-corrected chi connectivity index (χ0v) is 10.4. The van der Waals surface area contributed by atoms with Crippen LogP contribution in [0.3, 0.4) is 0 Å². The Morgan fingerprint density at radius 2 is 1.89 bits per heavy atom. The van der Waals surface area contributed by atoms with Crippen molar-refractivity contribution in [3.8, 4) is 0 Å². The average molecular weight is 261 g/mol. The number of carbonyl (C=O) groups excluding carboxylic acids is 1. The predicted molar refractivity (Wildman–Crippen MR) is 74.8 cm³/mol. The number of halogens is 1. The molecule has 3 nitrogen and oxygen atoms in total. The normalized spacial score (nSPS) is 10.1. The number of anilines is 2. The number of amides is 1. The Kier molecular flexibility index (Phi) is 3.85. The summed E-state index contributed by atoms with van der Waals surface area (Å²) in [5.41, 5.74) is 8.43. The van der Waals surface area contributed by atoms with Crippen LogP contribution in [0.1, 0.15) is 15.9 Å². The summed E-state index contributed by atoms with van der Waals surface area (Å²) >= 11 is 5.71. The first kappa shape index (κ1) is 12.5. The van der Waals surface area contributed by atoms with Crippen molar-refractivity contribution < 1.29 is 4.79 Å². The van der Waals surface area contributed by atoms with Gasteiger partial charge in [0.25, 0.3) is 5.91 Å². The monoisotopic (exact) mass is 260 g/mol. The summed E-state index contributed by atoms with van der Waals surface area (Å²) in [6, 6.07) is 14.4. The molecule has 0 unspecified atom stereocenters. The number of benzene rings is 2. The fraction of sp³-hybridized carbons (Fsp3) is 0.0714. The number of nitrogens with two attached hydrogens (primary N) is 1. The van der Waals surface area contributed by atoms with Crippen molar-refractivity contribution in [1.82, 2.24) is 0 Å². The Hall–Kier alpha value is -2.00. The number of rotatable bonds is 3. The lowest BCUT2D eigenvalue weighted by Crippen LogP contribution is -2.12. The number of para-hydroxylation sites is 1. The topological polar surface area (TPSA) is 55.1 Å². The third kappa shape index (κ3) is 2.81. The minimum atomic E-state index is -0.186. The van der Waals surface area contributed by atoms with Crippen LogP contribution in [0.5, 0.6) is 0 Å². The Labute approximate surface area is 111 Å². The van der Waals surface area contributed by atoms with Crippen LogP contribution in [-0.2, 0) is 5.88 Å². The summed E-state index contributed by atoms with van der Waals surface area (Å²) in [5, 5.41) is 2.80. The summed E-state index contributed by atoms with van der Waals surface area (Å²) < 4.78 is 0. The largest absolute Gasteiger partial charge is 0.398 e. The zero-order chi connectivity index (χ0) is 13.0. The van der Waals surface area contributed by atoms with E-state index in [0.717, 1.165) is 11.3 Å². The van der Waals surface area contributed by atoms with Crippen LogP contribution < -0.4 is 11.1 Å². The average Bonchev–Trinajstić information content (AvgIpc) is 2.39. The molecule has 2 aromatic carbocycles. The van der Waals surface area contributed by atoms with Crippen LogP contribution in [0, 0.1) is 0 Å². The molecular weight excluding hydrogens is 248 g/mol. The molecule has 0 saturated carbocycles. The SMILES string of the molecule is Nc1cc(C(=O)Nc2ccccc2)ccc1CCl. The fourth-order valence-corrected chi connectivity index (χ4v) is 1.83. The van der Waals surface area contributed by atoms with Gasteiger partial charge in [-0.25, -0.2) is 0 Å². The first-order valence-electron chi connectivity index (χ1n) is 5.51. The lowest BCUT2D eigenvalue weighted by Gasteiger charge is -2.07. The predicted octanol–water partition coefficient (Wildman–Crippen LogP) is 3.26. The maximum absolute atomic E-state index is 12.0. The second-order valence-corrected chi connectivity index (χ2v) is 4.13. The van der Waals surface area contributed by atoms with E-state index < -0.39 is 0 Å². The molecule has 18 heavy (non-hydrogen) atoms. The summed E-state index contributed by atoms with van der Waals surface area (Å²) in [6.45, 7) is 0. The molecule has 0 saturated heterocycles. The maximum Gasteiger partial charge on any atom is 0.255 e. The highest BCUT2D eigenvalue weighted by molar-refractivity contribution is 6.17. The molecule has 0 radical (unpaired) electrons. The molecule has 0 fully saturated rings. The first-order valence-corrected chi connectivity index (χ1v) is 6.05. The Morgan fingerprint density at radius 3 is 2.50 bits per heavy atom. The van der Waals surface area contributed by atoms with Crippen molar-refractivity contribution in [3.05, 3.63) is 59.7 Å². The lowest BCUT2D eigenvalue weighted by molar-refractivity contribution is 0.102. The van der Waals surface area contributed by atoms with Gasteiger partial charge in [-0.2, -0.15) is 0 Å². The van der Waals surface area contributed by atoms with Gasteiger partial charge >= 0.3 is 0 Å². The highest BCUT2D eigenvalue weighted by atomic mass is 35.5. The molecule has 3 N–H and O–H groups in total. The van der Waals surface area contributed by atoms with E-state index in [0.29, 0.717) is 17.1 Å². The first-order chi connectivity index (χ1) is 8.70. The maximum atomic E-state index is 12.0. The third-order valence-electron chi connectivity index (χ3n) is 2.58. The smallest absolute Gasteiger partial charge is 0.255 e. The Balaban J connectivity index is 2.17. The summed E-state index contributed by atoms with van der Waals surface area (Å²) in [6.07, 6.45) is 0. The van der Waals surface area contributed by atoms with Crippen molar-refractivity contribution >= 4 is 28.9 Å². The number of hydrogen-bond acceptors (Lipinski definition) is 2. The van der Waals surface area contributed by atoms with Gasteiger partial charge in [-0.1, -0.05) is 24.3 Å². The van der Waals surface area contributed by atoms with Gasteiger partial charge in [0.15, 0.2) is 0 Å². The molecule has 0 aliphatic rings. The summed E-state index contributed by atoms with van der Waals surface area (Å²) in [7, 11) is 0. The van der Waals surface area contributed by atoms with Crippen LogP contribution in [0.4, 0.5) is 11.4 Å². The minimum absolute atomic E-state index is 0.186. The molecule has 0 atom stereocenters. The van der Waals surface area contributed by atoms with Gasteiger partial charge in [0.2, 0.25) is 0 Å². The number of alkyl halides is 1. The van der Waals surface area contributed by atoms with Gasteiger partial charge in [0.05, 0.1) is 0 Å². The molecule has 1 amide bonds. The van der Waals surface area contributed by atoms with E-state index in [1.165, 1.54) is 0 Å².